The van der Waals surface area contributed by atoms with Gasteiger partial charge < -0.3 is 49.7 Å². The normalized spacial score (nSPS) is 19.1. The number of benzene rings is 2. The Bertz CT molecular complexity index is 1500. The van der Waals surface area contributed by atoms with Crippen molar-refractivity contribution >= 4 is 73.5 Å². The molecule has 0 saturated heterocycles. The van der Waals surface area contributed by atoms with Gasteiger partial charge in [0.05, 0.1) is 16.6 Å². The highest BCUT2D eigenvalue weighted by molar-refractivity contribution is 9.10. The summed E-state index contributed by atoms with van der Waals surface area (Å²) in [4.78, 5) is 33.6. The zero-order valence-corrected chi connectivity index (χ0v) is 33.9. The van der Waals surface area contributed by atoms with Gasteiger partial charge >= 0.3 is 18.4 Å². The average molecular weight is 875 g/mol. The Morgan fingerprint density at radius 1 is 0.740 bits per heavy atom. The minimum atomic E-state index is -1.06. The Balaban J connectivity index is 0.000000268. The SMILES string of the molecule is CC(C)(C)OC(=O)NCC1Oc2c(Cl)cc(Br)cc2C1O.CC(C)(C)OC(=O)OC(=O)OC(C)(C)C.NCC1Oc2c(Cl)cc(Br)cc2C1O. The summed E-state index contributed by atoms with van der Waals surface area (Å²) in [5.74, 6) is 0.987. The van der Waals surface area contributed by atoms with Gasteiger partial charge in [-0.1, -0.05) is 55.1 Å². The van der Waals surface area contributed by atoms with Gasteiger partial charge in [0, 0.05) is 26.6 Å². The van der Waals surface area contributed by atoms with Gasteiger partial charge in [-0.3, -0.25) is 0 Å². The number of fused-ring (bicyclic) bond motifs is 2. The third kappa shape index (κ3) is 14.2. The van der Waals surface area contributed by atoms with Crippen LogP contribution in [-0.4, -0.2) is 70.7 Å². The lowest BCUT2D eigenvalue weighted by Gasteiger charge is -2.21. The molecular weight excluding hydrogens is 831 g/mol. The molecule has 13 nitrogen and oxygen atoms in total. The number of ether oxygens (including phenoxy) is 6. The fourth-order valence-corrected chi connectivity index (χ4v) is 5.88. The summed E-state index contributed by atoms with van der Waals surface area (Å²) < 4.78 is 31.6. The number of carbonyl (C=O) groups is 3. The van der Waals surface area contributed by atoms with Gasteiger partial charge in [-0.15, -0.1) is 0 Å². The predicted octanol–water partition coefficient (Wildman–Crippen LogP) is 8.15. The van der Waals surface area contributed by atoms with Crippen LogP contribution in [0.2, 0.25) is 10.0 Å². The summed E-state index contributed by atoms with van der Waals surface area (Å²) in [7, 11) is 0. The molecule has 17 heteroatoms. The first-order valence-corrected chi connectivity index (χ1v) is 17.6. The van der Waals surface area contributed by atoms with Crippen molar-refractivity contribution in [1.29, 1.82) is 0 Å². The molecule has 2 aromatic carbocycles. The quantitative estimate of drug-likeness (QED) is 0.132. The smallest absolute Gasteiger partial charge is 0.484 e. The lowest BCUT2D eigenvalue weighted by Crippen LogP contribution is -2.39. The van der Waals surface area contributed by atoms with Crippen molar-refractivity contribution in [3.05, 3.63) is 54.4 Å². The molecular formula is C33H44Br2Cl2N2O11. The number of amides is 1. The van der Waals surface area contributed by atoms with Crippen LogP contribution in [0.5, 0.6) is 11.5 Å². The Hall–Kier alpha value is -2.53. The Morgan fingerprint density at radius 3 is 1.50 bits per heavy atom. The maximum atomic E-state index is 11.6. The second-order valence-electron chi connectivity index (χ2n) is 14.0. The molecule has 0 aliphatic carbocycles. The predicted molar refractivity (Wildman–Crippen MR) is 194 cm³/mol. The molecule has 2 aromatic rings. The lowest BCUT2D eigenvalue weighted by molar-refractivity contribution is -0.0294. The number of aliphatic hydroxyl groups excluding tert-OH is 2. The number of nitrogens with two attached hydrogens (primary N) is 1. The van der Waals surface area contributed by atoms with Crippen molar-refractivity contribution in [2.24, 2.45) is 5.73 Å². The van der Waals surface area contributed by atoms with E-state index in [4.69, 9.17) is 52.6 Å². The van der Waals surface area contributed by atoms with Crippen LogP contribution in [-0.2, 0) is 18.9 Å². The van der Waals surface area contributed by atoms with Crippen LogP contribution in [0, 0.1) is 0 Å². The first kappa shape index (κ1) is 43.6. The molecule has 4 atom stereocenters. The van der Waals surface area contributed by atoms with Gasteiger partial charge in [-0.05, 0) is 86.6 Å². The summed E-state index contributed by atoms with van der Waals surface area (Å²) in [6.07, 6.45) is -5.21. The highest BCUT2D eigenvalue weighted by atomic mass is 79.9. The zero-order chi connectivity index (χ0) is 38.4. The van der Waals surface area contributed by atoms with E-state index in [0.717, 1.165) is 8.95 Å². The number of hydrogen-bond acceptors (Lipinski definition) is 12. The second-order valence-corrected chi connectivity index (χ2v) is 16.6. The van der Waals surface area contributed by atoms with Gasteiger partial charge in [-0.2, -0.15) is 0 Å². The molecule has 0 bridgehead atoms. The maximum Gasteiger partial charge on any atom is 0.519 e. The Kier molecular flexibility index (Phi) is 15.5. The molecule has 0 fully saturated rings. The number of nitrogens with one attached hydrogen (secondary N) is 1. The van der Waals surface area contributed by atoms with Crippen molar-refractivity contribution in [3.8, 4) is 11.5 Å². The molecule has 4 unspecified atom stereocenters. The van der Waals surface area contributed by atoms with Crippen molar-refractivity contribution in [3.63, 3.8) is 0 Å². The fourth-order valence-electron chi connectivity index (χ4n) is 4.12. The number of rotatable bonds is 3. The summed E-state index contributed by atoms with van der Waals surface area (Å²) in [6.45, 7) is 15.7. The first-order chi connectivity index (χ1) is 22.8. The largest absolute Gasteiger partial charge is 0.519 e. The van der Waals surface area contributed by atoms with E-state index in [1.54, 1.807) is 86.6 Å². The Labute approximate surface area is 318 Å². The standard InChI is InChI=1S/C14H17BrClNO4.C10H18O5.C9H9BrClNO2/c1-14(2,3)21-13(19)17-6-10-11(18)8-4-7(15)5-9(16)12(8)20-10;1-9(2,3)14-7(11)13-8(12)15-10(4,5)6;10-4-1-5-8(13)7(3-12)14-9(5)6(11)2-4/h4-5,10-11,18H,6H2,1-3H3,(H,17,19);1-6H3;1-2,7-8,13H,3,12H2. The van der Waals surface area contributed by atoms with Crippen molar-refractivity contribution < 1.29 is 53.0 Å². The van der Waals surface area contributed by atoms with E-state index in [2.05, 4.69) is 41.9 Å². The van der Waals surface area contributed by atoms with E-state index in [0.29, 0.717) is 32.7 Å². The van der Waals surface area contributed by atoms with E-state index in [-0.39, 0.29) is 13.1 Å². The lowest BCUT2D eigenvalue weighted by atomic mass is 10.1. The molecule has 2 aliphatic heterocycles. The third-order valence-electron chi connectivity index (χ3n) is 5.98. The minimum absolute atomic E-state index is 0.124. The molecule has 5 N–H and O–H groups in total. The summed E-state index contributed by atoms with van der Waals surface area (Å²) in [6, 6.07) is 6.96. The van der Waals surface area contributed by atoms with Crippen LogP contribution in [0.1, 0.15) is 85.6 Å². The van der Waals surface area contributed by atoms with Crippen LogP contribution < -0.4 is 20.5 Å². The fraction of sp³-hybridized carbons (Fsp3) is 0.545. The molecule has 0 radical (unpaired) electrons. The van der Waals surface area contributed by atoms with E-state index < -0.39 is 59.6 Å². The van der Waals surface area contributed by atoms with Crippen LogP contribution in [0.25, 0.3) is 0 Å². The Morgan fingerprint density at radius 2 is 1.12 bits per heavy atom. The van der Waals surface area contributed by atoms with E-state index >= 15 is 0 Å². The average Bonchev–Trinajstić information content (AvgIpc) is 3.41. The highest BCUT2D eigenvalue weighted by Crippen LogP contribution is 2.44. The molecule has 0 spiro atoms. The topological polar surface area (TPSA) is 185 Å². The maximum absolute atomic E-state index is 11.6. The number of carbonyl (C=O) groups excluding carboxylic acids is 3. The summed E-state index contributed by atoms with van der Waals surface area (Å²) in [5, 5.41) is 23.5. The number of hydrogen-bond donors (Lipinski definition) is 4. The zero-order valence-electron chi connectivity index (χ0n) is 29.2. The second kappa shape index (κ2) is 17.8. The number of halogens is 4. The molecule has 280 valence electrons. The van der Waals surface area contributed by atoms with Crippen LogP contribution in [0.15, 0.2) is 33.2 Å². The van der Waals surface area contributed by atoms with Crippen LogP contribution >= 0.6 is 55.1 Å². The van der Waals surface area contributed by atoms with Crippen molar-refractivity contribution in [2.45, 2.75) is 104 Å². The van der Waals surface area contributed by atoms with Gasteiger partial charge in [0.2, 0.25) is 0 Å². The molecule has 2 aliphatic rings. The molecule has 1 amide bonds. The van der Waals surface area contributed by atoms with E-state index in [1.807, 2.05) is 0 Å². The van der Waals surface area contributed by atoms with E-state index in [9.17, 15) is 24.6 Å². The van der Waals surface area contributed by atoms with Crippen molar-refractivity contribution in [2.75, 3.05) is 13.1 Å². The molecule has 4 rings (SSSR count). The van der Waals surface area contributed by atoms with Crippen LogP contribution in [0.3, 0.4) is 0 Å². The summed E-state index contributed by atoms with van der Waals surface area (Å²) in [5.41, 5.74) is 4.78. The van der Waals surface area contributed by atoms with Gasteiger partial charge in [0.1, 0.15) is 52.7 Å². The van der Waals surface area contributed by atoms with Gasteiger partial charge in [0.25, 0.3) is 0 Å². The molecule has 50 heavy (non-hydrogen) atoms. The first-order valence-electron chi connectivity index (χ1n) is 15.3. The molecule has 0 aromatic heterocycles. The van der Waals surface area contributed by atoms with Gasteiger partial charge in [0.15, 0.2) is 0 Å². The highest BCUT2D eigenvalue weighted by Gasteiger charge is 2.36. The molecule has 0 saturated carbocycles. The van der Waals surface area contributed by atoms with Crippen LogP contribution in [0.4, 0.5) is 14.4 Å². The third-order valence-corrected chi connectivity index (χ3v) is 7.46. The van der Waals surface area contributed by atoms with Gasteiger partial charge in [-0.25, -0.2) is 14.4 Å². The monoisotopic (exact) mass is 872 g/mol. The van der Waals surface area contributed by atoms with Crippen molar-refractivity contribution in [1.82, 2.24) is 5.32 Å². The minimum Gasteiger partial charge on any atom is -0.484 e. The van der Waals surface area contributed by atoms with E-state index in [1.165, 1.54) is 0 Å². The molecule has 2 heterocycles. The number of aliphatic hydroxyl groups is 2. The number of alkyl carbamates (subject to hydrolysis) is 1. The summed E-state index contributed by atoms with van der Waals surface area (Å²) >= 11 is 18.7.